The van der Waals surface area contributed by atoms with Crippen LogP contribution in [0.15, 0.2) is 72.4 Å². The monoisotopic (exact) mass is 410 g/mol. The van der Waals surface area contributed by atoms with Gasteiger partial charge in [0.2, 0.25) is 5.91 Å². The summed E-state index contributed by atoms with van der Waals surface area (Å²) in [5.74, 6) is 0.313. The Labute approximate surface area is 174 Å². The Morgan fingerprint density at radius 2 is 1.86 bits per heavy atom. The normalized spacial score (nSPS) is 12.9. The van der Waals surface area contributed by atoms with E-state index in [9.17, 15) is 9.18 Å². The summed E-state index contributed by atoms with van der Waals surface area (Å²) in [6, 6.07) is 15.7. The Kier molecular flexibility index (Phi) is 6.82. The van der Waals surface area contributed by atoms with Crippen molar-refractivity contribution in [3.8, 4) is 11.4 Å². The fraction of sp³-hybridized carbons (Fsp3) is 0.227. The number of carbonyl (C=O) groups is 1. The van der Waals surface area contributed by atoms with E-state index < -0.39 is 0 Å². The maximum Gasteiger partial charge on any atom is 0.233 e. The van der Waals surface area contributed by atoms with Gasteiger partial charge in [-0.2, -0.15) is 0 Å². The summed E-state index contributed by atoms with van der Waals surface area (Å²) < 4.78 is 15.0. The summed E-state index contributed by atoms with van der Waals surface area (Å²) in [5, 5.41) is 11.8. The van der Waals surface area contributed by atoms with Crippen LogP contribution < -0.4 is 5.32 Å². The minimum Gasteiger partial charge on any atom is -0.349 e. The zero-order valence-corrected chi connectivity index (χ0v) is 17.2. The standard InChI is InChI=1S/C22H23FN4OS/c1-4-14-27-20(18-8-6-5-7-9-18)25-26-22(27)29-16(3)21(28)24-15(2)17-10-12-19(23)13-11-17/h4-13,15-16H,1,14H2,2-3H3,(H,24,28)/t15-,16-/m0/s1. The molecule has 1 aromatic heterocycles. The highest BCUT2D eigenvalue weighted by Gasteiger charge is 2.22. The van der Waals surface area contributed by atoms with Gasteiger partial charge in [0.25, 0.3) is 0 Å². The fourth-order valence-corrected chi connectivity index (χ4v) is 3.72. The fourth-order valence-electron chi connectivity index (χ4n) is 2.85. The molecule has 1 heterocycles. The van der Waals surface area contributed by atoms with Crippen LogP contribution in [0.25, 0.3) is 11.4 Å². The predicted octanol–water partition coefficient (Wildman–Crippen LogP) is 4.63. The van der Waals surface area contributed by atoms with E-state index in [-0.39, 0.29) is 23.0 Å². The van der Waals surface area contributed by atoms with Gasteiger partial charge in [-0.25, -0.2) is 4.39 Å². The summed E-state index contributed by atoms with van der Waals surface area (Å²) in [6.45, 7) is 8.05. The van der Waals surface area contributed by atoms with Crippen LogP contribution in [-0.2, 0) is 11.3 Å². The predicted molar refractivity (Wildman–Crippen MR) is 114 cm³/mol. The molecular weight excluding hydrogens is 387 g/mol. The van der Waals surface area contributed by atoms with Crippen molar-refractivity contribution in [2.75, 3.05) is 0 Å². The molecule has 2 atom stereocenters. The van der Waals surface area contributed by atoms with Crippen molar-refractivity contribution in [1.29, 1.82) is 0 Å². The van der Waals surface area contributed by atoms with Crippen LogP contribution in [0.1, 0.15) is 25.5 Å². The van der Waals surface area contributed by atoms with Crippen molar-refractivity contribution in [2.45, 2.75) is 36.8 Å². The number of hydrogen-bond donors (Lipinski definition) is 1. The van der Waals surface area contributed by atoms with Crippen LogP contribution in [0.2, 0.25) is 0 Å². The van der Waals surface area contributed by atoms with E-state index in [1.807, 2.05) is 48.7 Å². The molecule has 1 amide bonds. The SMILES string of the molecule is C=CCn1c(S[C@@H](C)C(=O)N[C@@H](C)c2ccc(F)cc2)nnc1-c1ccccc1. The van der Waals surface area contributed by atoms with Gasteiger partial charge in [-0.05, 0) is 31.5 Å². The van der Waals surface area contributed by atoms with Crippen molar-refractivity contribution < 1.29 is 9.18 Å². The topological polar surface area (TPSA) is 59.8 Å². The second kappa shape index (κ2) is 9.52. The Bertz CT molecular complexity index is 972. The summed E-state index contributed by atoms with van der Waals surface area (Å²) in [6.07, 6.45) is 1.78. The number of rotatable bonds is 8. The van der Waals surface area contributed by atoms with E-state index in [1.54, 1.807) is 18.2 Å². The van der Waals surface area contributed by atoms with Crippen molar-refractivity contribution in [2.24, 2.45) is 0 Å². The van der Waals surface area contributed by atoms with Crippen LogP contribution in [0.4, 0.5) is 4.39 Å². The number of nitrogens with one attached hydrogen (secondary N) is 1. The molecule has 0 spiro atoms. The molecule has 0 aliphatic carbocycles. The molecule has 0 saturated heterocycles. The first kappa shape index (κ1) is 20.8. The van der Waals surface area contributed by atoms with Crippen LogP contribution in [0.3, 0.4) is 0 Å². The zero-order chi connectivity index (χ0) is 20.8. The molecule has 0 saturated carbocycles. The largest absolute Gasteiger partial charge is 0.349 e. The van der Waals surface area contributed by atoms with Crippen molar-refractivity contribution in [1.82, 2.24) is 20.1 Å². The van der Waals surface area contributed by atoms with Gasteiger partial charge < -0.3 is 5.32 Å². The third kappa shape index (κ3) is 5.12. The maximum atomic E-state index is 13.1. The van der Waals surface area contributed by atoms with Crippen LogP contribution in [0.5, 0.6) is 0 Å². The zero-order valence-electron chi connectivity index (χ0n) is 16.4. The van der Waals surface area contributed by atoms with Crippen LogP contribution >= 0.6 is 11.8 Å². The number of allylic oxidation sites excluding steroid dienone is 1. The van der Waals surface area contributed by atoms with E-state index in [4.69, 9.17) is 0 Å². The van der Waals surface area contributed by atoms with Gasteiger partial charge in [0.1, 0.15) is 5.82 Å². The van der Waals surface area contributed by atoms with E-state index in [1.165, 1.54) is 23.9 Å². The highest BCUT2D eigenvalue weighted by molar-refractivity contribution is 8.00. The Morgan fingerprint density at radius 3 is 2.52 bits per heavy atom. The number of nitrogens with zero attached hydrogens (tertiary/aromatic N) is 3. The molecule has 0 unspecified atom stereocenters. The van der Waals surface area contributed by atoms with Crippen molar-refractivity contribution in [3.05, 3.63) is 78.6 Å². The molecule has 0 bridgehead atoms. The molecule has 3 aromatic rings. The van der Waals surface area contributed by atoms with E-state index in [0.29, 0.717) is 11.7 Å². The Morgan fingerprint density at radius 1 is 1.17 bits per heavy atom. The first-order chi connectivity index (χ1) is 14.0. The number of thioether (sulfide) groups is 1. The number of amides is 1. The first-order valence-corrected chi connectivity index (χ1v) is 10.2. The minimum absolute atomic E-state index is 0.124. The summed E-state index contributed by atoms with van der Waals surface area (Å²) in [5.41, 5.74) is 1.80. The quantitative estimate of drug-likeness (QED) is 0.435. The lowest BCUT2D eigenvalue weighted by Gasteiger charge is -2.18. The van der Waals surface area contributed by atoms with Gasteiger partial charge >= 0.3 is 0 Å². The van der Waals surface area contributed by atoms with Crippen molar-refractivity contribution in [3.63, 3.8) is 0 Å². The molecule has 0 aliphatic rings. The van der Waals surface area contributed by atoms with E-state index >= 15 is 0 Å². The van der Waals surface area contributed by atoms with E-state index in [0.717, 1.165) is 17.0 Å². The Hall–Kier alpha value is -2.93. The summed E-state index contributed by atoms with van der Waals surface area (Å²) in [7, 11) is 0. The number of aromatic nitrogens is 3. The lowest BCUT2D eigenvalue weighted by Crippen LogP contribution is -2.33. The summed E-state index contributed by atoms with van der Waals surface area (Å²) in [4.78, 5) is 12.7. The number of halogens is 1. The molecule has 0 radical (unpaired) electrons. The average Bonchev–Trinajstić information content (AvgIpc) is 3.11. The molecule has 1 N–H and O–H groups in total. The van der Waals surface area contributed by atoms with E-state index in [2.05, 4.69) is 22.1 Å². The van der Waals surface area contributed by atoms with Gasteiger partial charge in [0.05, 0.1) is 11.3 Å². The minimum atomic E-state index is -0.380. The van der Waals surface area contributed by atoms with Gasteiger partial charge in [-0.15, -0.1) is 16.8 Å². The molecule has 2 aromatic carbocycles. The third-order valence-electron chi connectivity index (χ3n) is 4.44. The molecule has 0 aliphatic heterocycles. The molecule has 150 valence electrons. The molecule has 3 rings (SSSR count). The first-order valence-electron chi connectivity index (χ1n) is 9.31. The van der Waals surface area contributed by atoms with Crippen LogP contribution in [0, 0.1) is 5.82 Å². The summed E-state index contributed by atoms with van der Waals surface area (Å²) >= 11 is 1.34. The molecule has 7 heteroatoms. The second-order valence-electron chi connectivity index (χ2n) is 6.61. The van der Waals surface area contributed by atoms with Crippen LogP contribution in [-0.4, -0.2) is 25.9 Å². The molecule has 29 heavy (non-hydrogen) atoms. The third-order valence-corrected chi connectivity index (χ3v) is 5.52. The van der Waals surface area contributed by atoms with Gasteiger partial charge in [-0.1, -0.05) is 60.3 Å². The second-order valence-corrected chi connectivity index (χ2v) is 7.92. The number of benzene rings is 2. The maximum absolute atomic E-state index is 13.1. The highest BCUT2D eigenvalue weighted by atomic mass is 32.2. The van der Waals surface area contributed by atoms with Gasteiger partial charge in [0, 0.05) is 12.1 Å². The lowest BCUT2D eigenvalue weighted by atomic mass is 10.1. The highest BCUT2D eigenvalue weighted by Crippen LogP contribution is 2.27. The molecule has 0 fully saturated rings. The van der Waals surface area contributed by atoms with Crippen molar-refractivity contribution >= 4 is 17.7 Å². The lowest BCUT2D eigenvalue weighted by molar-refractivity contribution is -0.120. The smallest absolute Gasteiger partial charge is 0.233 e. The number of carbonyl (C=O) groups excluding carboxylic acids is 1. The average molecular weight is 411 g/mol. The molecule has 5 nitrogen and oxygen atoms in total. The Balaban J connectivity index is 1.71. The molecular formula is C22H23FN4OS. The van der Waals surface area contributed by atoms with Gasteiger partial charge in [0.15, 0.2) is 11.0 Å². The number of hydrogen-bond acceptors (Lipinski definition) is 4. The van der Waals surface area contributed by atoms with Gasteiger partial charge in [-0.3, -0.25) is 9.36 Å².